The molecule has 4 aromatic rings. The van der Waals surface area contributed by atoms with Gasteiger partial charge in [0, 0.05) is 18.0 Å². The number of rotatable bonds is 7. The summed E-state index contributed by atoms with van der Waals surface area (Å²) >= 11 is 5.82. The van der Waals surface area contributed by atoms with Crippen molar-refractivity contribution in [2.75, 3.05) is 6.61 Å². The Morgan fingerprint density at radius 1 is 0.871 bits per heavy atom. The second-order valence-electron chi connectivity index (χ2n) is 6.82. The highest BCUT2D eigenvalue weighted by Crippen LogP contribution is 2.20. The van der Waals surface area contributed by atoms with Crippen LogP contribution in [-0.4, -0.2) is 23.6 Å². The van der Waals surface area contributed by atoms with Gasteiger partial charge in [0.15, 0.2) is 18.2 Å². The van der Waals surface area contributed by atoms with Crippen LogP contribution in [0.3, 0.4) is 0 Å². The summed E-state index contributed by atoms with van der Waals surface area (Å²) in [6.07, 6.45) is 3.26. The molecular formula is C26H19ClN2O2. The molecule has 0 N–H and O–H groups in total. The second kappa shape index (κ2) is 9.83. The van der Waals surface area contributed by atoms with Crippen molar-refractivity contribution < 1.29 is 9.53 Å². The number of hydrogen-bond donors (Lipinski definition) is 0. The Kier molecular flexibility index (Phi) is 6.50. The van der Waals surface area contributed by atoms with Crippen molar-refractivity contribution >= 4 is 29.4 Å². The zero-order valence-corrected chi connectivity index (χ0v) is 17.4. The van der Waals surface area contributed by atoms with Crippen LogP contribution in [0.2, 0.25) is 5.02 Å². The van der Waals surface area contributed by atoms with Crippen molar-refractivity contribution in [1.29, 1.82) is 0 Å². The predicted octanol–water partition coefficient (Wildman–Crippen LogP) is 6.41. The highest BCUT2D eigenvalue weighted by atomic mass is 35.5. The van der Waals surface area contributed by atoms with Crippen molar-refractivity contribution in [3.05, 3.63) is 113 Å². The van der Waals surface area contributed by atoms with E-state index in [0.29, 0.717) is 22.2 Å². The number of halogens is 1. The number of Topliss-reactive ketones (excluding diaryl/α,β-unsaturated/α-hetero) is 1. The summed E-state index contributed by atoms with van der Waals surface area (Å²) in [5.41, 5.74) is 3.71. The predicted molar refractivity (Wildman–Crippen MR) is 125 cm³/mol. The lowest BCUT2D eigenvalue weighted by Crippen LogP contribution is -2.11. The Morgan fingerprint density at radius 3 is 2.26 bits per heavy atom. The largest absolute Gasteiger partial charge is 0.485 e. The normalized spacial score (nSPS) is 10.9. The SMILES string of the molecule is O=C(COc1ccc(C=Nc2ccc(Cl)cn2)cc1)c1ccc(-c2ccccc2)cc1. The molecule has 5 heteroatoms. The number of nitrogens with zero attached hydrogens (tertiary/aromatic N) is 2. The molecule has 4 rings (SSSR count). The molecule has 0 fully saturated rings. The second-order valence-corrected chi connectivity index (χ2v) is 7.25. The molecule has 1 heterocycles. The fourth-order valence-corrected chi connectivity index (χ4v) is 3.06. The van der Waals surface area contributed by atoms with Crippen LogP contribution in [0, 0.1) is 0 Å². The molecule has 0 amide bonds. The van der Waals surface area contributed by atoms with Gasteiger partial charge in [-0.15, -0.1) is 0 Å². The van der Waals surface area contributed by atoms with E-state index in [1.54, 1.807) is 24.5 Å². The minimum Gasteiger partial charge on any atom is -0.485 e. The van der Waals surface area contributed by atoms with Crippen molar-refractivity contribution in [2.45, 2.75) is 0 Å². The van der Waals surface area contributed by atoms with Gasteiger partial charge in [-0.2, -0.15) is 0 Å². The molecule has 0 radical (unpaired) electrons. The lowest BCUT2D eigenvalue weighted by Gasteiger charge is -2.07. The molecular weight excluding hydrogens is 408 g/mol. The van der Waals surface area contributed by atoms with E-state index in [1.807, 2.05) is 78.9 Å². The number of aromatic nitrogens is 1. The van der Waals surface area contributed by atoms with E-state index in [0.717, 1.165) is 16.7 Å². The monoisotopic (exact) mass is 426 g/mol. The average molecular weight is 427 g/mol. The van der Waals surface area contributed by atoms with Gasteiger partial charge in [-0.25, -0.2) is 9.98 Å². The first kappa shape index (κ1) is 20.5. The quantitative estimate of drug-likeness (QED) is 0.253. The van der Waals surface area contributed by atoms with Gasteiger partial charge in [0.1, 0.15) is 5.75 Å². The molecule has 3 aromatic carbocycles. The van der Waals surface area contributed by atoms with E-state index in [2.05, 4.69) is 9.98 Å². The number of ether oxygens (including phenoxy) is 1. The first-order valence-electron chi connectivity index (χ1n) is 9.74. The maximum Gasteiger partial charge on any atom is 0.200 e. The molecule has 0 atom stereocenters. The lowest BCUT2D eigenvalue weighted by molar-refractivity contribution is 0.0921. The zero-order chi connectivity index (χ0) is 21.5. The molecule has 1 aromatic heterocycles. The average Bonchev–Trinajstić information content (AvgIpc) is 2.83. The van der Waals surface area contributed by atoms with Crippen LogP contribution < -0.4 is 4.74 Å². The molecule has 0 aliphatic rings. The van der Waals surface area contributed by atoms with Crippen LogP contribution in [0.25, 0.3) is 11.1 Å². The highest BCUT2D eigenvalue weighted by Gasteiger charge is 2.07. The van der Waals surface area contributed by atoms with E-state index in [9.17, 15) is 4.79 Å². The van der Waals surface area contributed by atoms with E-state index in [4.69, 9.17) is 16.3 Å². The standard InChI is InChI=1S/C26H19ClN2O2/c27-23-12-15-26(29-17-23)28-16-19-6-13-24(14-7-19)31-18-25(30)22-10-8-21(9-11-22)20-4-2-1-3-5-20/h1-17H,18H2. The van der Waals surface area contributed by atoms with Crippen molar-refractivity contribution in [3.8, 4) is 16.9 Å². The number of ketones is 1. The fraction of sp³-hybridized carbons (Fsp3) is 0.0385. The third-order valence-electron chi connectivity index (χ3n) is 4.62. The topological polar surface area (TPSA) is 51.5 Å². The first-order chi connectivity index (χ1) is 15.2. The molecule has 0 saturated heterocycles. The Morgan fingerprint density at radius 2 is 1.58 bits per heavy atom. The number of pyridine rings is 1. The Bertz CT molecular complexity index is 1170. The summed E-state index contributed by atoms with van der Waals surface area (Å²) in [6, 6.07) is 28.5. The summed E-state index contributed by atoms with van der Waals surface area (Å²) in [5.74, 6) is 1.13. The smallest absolute Gasteiger partial charge is 0.200 e. The maximum absolute atomic E-state index is 12.5. The third-order valence-corrected chi connectivity index (χ3v) is 4.85. The van der Waals surface area contributed by atoms with E-state index in [1.165, 1.54) is 0 Å². The summed E-state index contributed by atoms with van der Waals surface area (Å²) in [5, 5.41) is 0.571. The maximum atomic E-state index is 12.5. The van der Waals surface area contributed by atoms with E-state index >= 15 is 0 Å². The van der Waals surface area contributed by atoms with E-state index in [-0.39, 0.29) is 12.4 Å². The molecule has 0 bridgehead atoms. The van der Waals surface area contributed by atoms with Gasteiger partial charge >= 0.3 is 0 Å². The summed E-state index contributed by atoms with van der Waals surface area (Å²) < 4.78 is 5.65. The molecule has 0 aliphatic carbocycles. The van der Waals surface area contributed by atoms with Gasteiger partial charge in [-0.3, -0.25) is 4.79 Å². The lowest BCUT2D eigenvalue weighted by atomic mass is 10.0. The summed E-state index contributed by atoms with van der Waals surface area (Å²) in [7, 11) is 0. The van der Waals surface area contributed by atoms with Gasteiger partial charge in [-0.05, 0) is 53.1 Å². The van der Waals surface area contributed by atoms with Crippen molar-refractivity contribution in [3.63, 3.8) is 0 Å². The molecule has 31 heavy (non-hydrogen) atoms. The van der Waals surface area contributed by atoms with Crippen LogP contribution in [0.5, 0.6) is 5.75 Å². The Balaban J connectivity index is 1.32. The zero-order valence-electron chi connectivity index (χ0n) is 16.6. The third kappa shape index (κ3) is 5.65. The summed E-state index contributed by atoms with van der Waals surface area (Å²) in [6.45, 7) is -0.0210. The molecule has 152 valence electrons. The Labute approximate surface area is 185 Å². The van der Waals surface area contributed by atoms with Gasteiger partial charge < -0.3 is 4.74 Å². The number of benzene rings is 3. The van der Waals surface area contributed by atoms with Gasteiger partial charge in [-0.1, -0.05) is 66.2 Å². The first-order valence-corrected chi connectivity index (χ1v) is 10.1. The van der Waals surface area contributed by atoms with Crippen molar-refractivity contribution in [2.24, 2.45) is 4.99 Å². The minimum atomic E-state index is -0.0703. The Hall–Kier alpha value is -3.76. The van der Waals surface area contributed by atoms with Gasteiger partial charge in [0.2, 0.25) is 0 Å². The number of carbonyl (C=O) groups is 1. The number of hydrogen-bond acceptors (Lipinski definition) is 4. The van der Waals surface area contributed by atoms with Crippen LogP contribution >= 0.6 is 11.6 Å². The van der Waals surface area contributed by atoms with Crippen LogP contribution in [0.1, 0.15) is 15.9 Å². The molecule has 0 unspecified atom stereocenters. The van der Waals surface area contributed by atoms with E-state index < -0.39 is 0 Å². The van der Waals surface area contributed by atoms with Gasteiger partial charge in [0.25, 0.3) is 0 Å². The molecule has 4 nitrogen and oxygen atoms in total. The van der Waals surface area contributed by atoms with Crippen LogP contribution in [0.4, 0.5) is 5.82 Å². The fourth-order valence-electron chi connectivity index (χ4n) is 2.95. The van der Waals surface area contributed by atoms with Crippen molar-refractivity contribution in [1.82, 2.24) is 4.98 Å². The highest BCUT2D eigenvalue weighted by molar-refractivity contribution is 6.30. The number of aliphatic imine (C=N–C) groups is 1. The molecule has 0 saturated carbocycles. The summed E-state index contributed by atoms with van der Waals surface area (Å²) in [4.78, 5) is 20.9. The number of carbonyl (C=O) groups excluding carboxylic acids is 1. The van der Waals surface area contributed by atoms with Gasteiger partial charge in [0.05, 0.1) is 5.02 Å². The molecule has 0 spiro atoms. The van der Waals surface area contributed by atoms with Crippen LogP contribution in [-0.2, 0) is 0 Å². The van der Waals surface area contributed by atoms with Crippen LogP contribution in [0.15, 0.2) is 102 Å². The minimum absolute atomic E-state index is 0.0210. The molecule has 0 aliphatic heterocycles.